The number of aryl methyl sites for hydroxylation is 1. The first-order valence-electron chi connectivity index (χ1n) is 9.11. The lowest BCUT2D eigenvalue weighted by Crippen LogP contribution is -2.39. The summed E-state index contributed by atoms with van der Waals surface area (Å²) in [6.07, 6.45) is 4.84. The molecule has 5 nitrogen and oxygen atoms in total. The zero-order valence-electron chi connectivity index (χ0n) is 15.6. The zero-order valence-corrected chi connectivity index (χ0v) is 15.6. The number of rotatable bonds is 5. The molecule has 2 aromatic rings. The van der Waals surface area contributed by atoms with Gasteiger partial charge in [0, 0.05) is 23.8 Å². The molecule has 1 atom stereocenters. The Labute approximate surface area is 148 Å². The Bertz CT molecular complexity index is 813. The van der Waals surface area contributed by atoms with Crippen LogP contribution in [0.2, 0.25) is 0 Å². The highest BCUT2D eigenvalue weighted by atomic mass is 16.5. The Kier molecular flexibility index (Phi) is 5.33. The lowest BCUT2D eigenvalue weighted by molar-refractivity contribution is 0.135. The molecule has 1 aromatic heterocycles. The summed E-state index contributed by atoms with van der Waals surface area (Å²) in [7, 11) is 3.21. The number of benzene rings is 1. The van der Waals surface area contributed by atoms with Gasteiger partial charge in [0.1, 0.15) is 11.5 Å². The van der Waals surface area contributed by atoms with Crippen LogP contribution < -0.4 is 14.9 Å². The third-order valence-corrected chi connectivity index (χ3v) is 5.42. The average Bonchev–Trinajstić information content (AvgIpc) is 2.64. The molecule has 1 saturated heterocycles. The predicted octanol–water partition coefficient (Wildman–Crippen LogP) is 3.62. The summed E-state index contributed by atoms with van der Waals surface area (Å²) in [5, 5.41) is 0.576. The van der Waals surface area contributed by atoms with E-state index in [4.69, 9.17) is 9.47 Å². The number of nitrogens with one attached hydrogen (secondary N) is 1. The molecule has 136 valence electrons. The van der Waals surface area contributed by atoms with E-state index in [2.05, 4.69) is 16.8 Å². The minimum Gasteiger partial charge on any atom is -0.496 e. The first-order valence-corrected chi connectivity index (χ1v) is 9.11. The normalized spacial score (nSPS) is 18.5. The molecule has 0 spiro atoms. The Morgan fingerprint density at radius 1 is 1.20 bits per heavy atom. The van der Waals surface area contributed by atoms with Crippen molar-refractivity contribution >= 4 is 10.9 Å². The van der Waals surface area contributed by atoms with E-state index in [1.165, 1.54) is 19.3 Å². The van der Waals surface area contributed by atoms with Crippen molar-refractivity contribution in [2.45, 2.75) is 52.1 Å². The zero-order chi connectivity index (χ0) is 18.0. The highest BCUT2D eigenvalue weighted by Gasteiger charge is 2.24. The topological polar surface area (TPSA) is 54.6 Å². The third kappa shape index (κ3) is 3.25. The first kappa shape index (κ1) is 17.8. The molecule has 0 radical (unpaired) electrons. The van der Waals surface area contributed by atoms with Crippen LogP contribution in [0, 0.1) is 6.92 Å². The summed E-state index contributed by atoms with van der Waals surface area (Å²) in [4.78, 5) is 19.1. The van der Waals surface area contributed by atoms with Crippen LogP contribution in [-0.2, 0) is 6.54 Å². The maximum atomic E-state index is 13.3. The molecule has 0 amide bonds. The van der Waals surface area contributed by atoms with Crippen LogP contribution in [0.3, 0.4) is 0 Å². The Morgan fingerprint density at radius 2 is 1.92 bits per heavy atom. The third-order valence-electron chi connectivity index (χ3n) is 5.42. The molecule has 1 fully saturated rings. The number of likely N-dealkylation sites (tertiary alicyclic amines) is 1. The van der Waals surface area contributed by atoms with Crippen LogP contribution in [0.15, 0.2) is 16.9 Å². The van der Waals surface area contributed by atoms with E-state index in [9.17, 15) is 4.79 Å². The van der Waals surface area contributed by atoms with Gasteiger partial charge in [0.05, 0.1) is 25.1 Å². The van der Waals surface area contributed by atoms with E-state index in [1.54, 1.807) is 20.3 Å². The molecule has 0 bridgehead atoms. The molecule has 3 rings (SSSR count). The fraction of sp³-hybridized carbons (Fsp3) is 0.550. The molecular formula is C20H28N2O3. The van der Waals surface area contributed by atoms with Crippen molar-refractivity contribution < 1.29 is 9.47 Å². The monoisotopic (exact) mass is 344 g/mol. The molecule has 2 heterocycles. The minimum atomic E-state index is 0.0439. The number of aromatic nitrogens is 1. The van der Waals surface area contributed by atoms with E-state index in [0.29, 0.717) is 35.0 Å². The second-order valence-electron chi connectivity index (χ2n) is 6.81. The van der Waals surface area contributed by atoms with Crippen LogP contribution in [0.25, 0.3) is 10.9 Å². The highest BCUT2D eigenvalue weighted by molar-refractivity contribution is 5.90. The van der Waals surface area contributed by atoms with Gasteiger partial charge in [-0.2, -0.15) is 0 Å². The number of fused-ring (bicyclic) bond motifs is 1. The van der Waals surface area contributed by atoms with E-state index in [-0.39, 0.29) is 5.43 Å². The predicted molar refractivity (Wildman–Crippen MR) is 101 cm³/mol. The van der Waals surface area contributed by atoms with Gasteiger partial charge in [-0.25, -0.2) is 0 Å². The highest BCUT2D eigenvalue weighted by Crippen LogP contribution is 2.31. The van der Waals surface area contributed by atoms with Crippen molar-refractivity contribution in [3.8, 4) is 11.5 Å². The Morgan fingerprint density at radius 3 is 2.60 bits per heavy atom. The summed E-state index contributed by atoms with van der Waals surface area (Å²) < 4.78 is 10.9. The summed E-state index contributed by atoms with van der Waals surface area (Å²) in [5.41, 5.74) is 2.49. The Hall–Kier alpha value is -2.01. The van der Waals surface area contributed by atoms with Gasteiger partial charge in [-0.15, -0.1) is 0 Å². The fourth-order valence-corrected chi connectivity index (χ4v) is 3.96. The van der Waals surface area contributed by atoms with Gasteiger partial charge in [-0.3, -0.25) is 9.69 Å². The number of ether oxygens (including phenoxy) is 2. The smallest absolute Gasteiger partial charge is 0.198 e. The van der Waals surface area contributed by atoms with Crippen LogP contribution in [0.5, 0.6) is 11.5 Å². The second kappa shape index (κ2) is 7.48. The van der Waals surface area contributed by atoms with E-state index in [1.807, 2.05) is 13.0 Å². The van der Waals surface area contributed by atoms with Crippen molar-refractivity contribution in [1.29, 1.82) is 0 Å². The van der Waals surface area contributed by atoms with Gasteiger partial charge < -0.3 is 14.5 Å². The molecule has 0 aliphatic carbocycles. The molecule has 5 heteroatoms. The first-order chi connectivity index (χ1) is 12.1. The summed E-state index contributed by atoms with van der Waals surface area (Å²) in [5.74, 6) is 1.25. The molecule has 0 saturated carbocycles. The van der Waals surface area contributed by atoms with E-state index in [0.717, 1.165) is 24.2 Å². The average molecular weight is 344 g/mol. The van der Waals surface area contributed by atoms with Crippen LogP contribution in [0.4, 0.5) is 0 Å². The number of methoxy groups -OCH3 is 2. The van der Waals surface area contributed by atoms with Gasteiger partial charge in [-0.05, 0) is 44.9 Å². The van der Waals surface area contributed by atoms with Crippen LogP contribution >= 0.6 is 0 Å². The molecule has 1 unspecified atom stereocenters. The summed E-state index contributed by atoms with van der Waals surface area (Å²) in [6, 6.07) is 4.19. The van der Waals surface area contributed by atoms with Gasteiger partial charge in [0.25, 0.3) is 0 Å². The van der Waals surface area contributed by atoms with Crippen molar-refractivity contribution in [3.63, 3.8) is 0 Å². The van der Waals surface area contributed by atoms with Gasteiger partial charge >= 0.3 is 0 Å². The minimum absolute atomic E-state index is 0.0439. The number of hydrogen-bond donors (Lipinski definition) is 1. The lowest BCUT2D eigenvalue weighted by Gasteiger charge is -2.35. The fourth-order valence-electron chi connectivity index (χ4n) is 3.96. The number of hydrogen-bond acceptors (Lipinski definition) is 4. The van der Waals surface area contributed by atoms with E-state index >= 15 is 0 Å². The number of H-pyrrole nitrogens is 1. The quantitative estimate of drug-likeness (QED) is 0.900. The molecule has 1 aromatic carbocycles. The van der Waals surface area contributed by atoms with Crippen LogP contribution in [0.1, 0.15) is 43.9 Å². The molecule has 1 aliphatic heterocycles. The standard InChI is InChI=1S/C20H28N2O3/c1-5-14-8-6-7-11-22(14)12-15-13(2)21-19-17(25-4)10-9-16(24-3)18(19)20(15)23/h9-10,14H,5-8,11-12H2,1-4H3,(H,21,23). The molecule has 1 N–H and O–H groups in total. The maximum Gasteiger partial charge on any atom is 0.198 e. The van der Waals surface area contributed by atoms with E-state index < -0.39 is 0 Å². The largest absolute Gasteiger partial charge is 0.496 e. The number of piperidine rings is 1. The van der Waals surface area contributed by atoms with Crippen molar-refractivity contribution in [3.05, 3.63) is 33.6 Å². The summed E-state index contributed by atoms with van der Waals surface area (Å²) >= 11 is 0. The molecular weight excluding hydrogens is 316 g/mol. The van der Waals surface area contributed by atoms with Gasteiger partial charge in [0.2, 0.25) is 0 Å². The maximum absolute atomic E-state index is 13.3. The lowest BCUT2D eigenvalue weighted by atomic mass is 9.98. The molecule has 25 heavy (non-hydrogen) atoms. The Balaban J connectivity index is 2.11. The SMILES string of the molecule is CCC1CCCCN1Cc1c(C)[nH]c2c(OC)ccc(OC)c2c1=O. The van der Waals surface area contributed by atoms with Crippen molar-refractivity contribution in [2.75, 3.05) is 20.8 Å². The summed E-state index contributed by atoms with van der Waals surface area (Å²) in [6.45, 7) is 5.95. The van der Waals surface area contributed by atoms with Gasteiger partial charge in [-0.1, -0.05) is 13.3 Å². The number of pyridine rings is 1. The number of aromatic amines is 1. The number of nitrogens with zero attached hydrogens (tertiary/aromatic N) is 1. The molecule has 1 aliphatic rings. The second-order valence-corrected chi connectivity index (χ2v) is 6.81. The van der Waals surface area contributed by atoms with Crippen molar-refractivity contribution in [2.24, 2.45) is 0 Å². The van der Waals surface area contributed by atoms with Gasteiger partial charge in [0.15, 0.2) is 5.43 Å². The van der Waals surface area contributed by atoms with Crippen LogP contribution in [-0.4, -0.2) is 36.7 Å². The van der Waals surface area contributed by atoms with Crippen molar-refractivity contribution in [1.82, 2.24) is 9.88 Å².